The van der Waals surface area contributed by atoms with Gasteiger partial charge in [-0.2, -0.15) is 0 Å². The summed E-state index contributed by atoms with van der Waals surface area (Å²) in [6, 6.07) is 0. The lowest BCUT2D eigenvalue weighted by molar-refractivity contribution is -0.196. The van der Waals surface area contributed by atoms with Crippen LogP contribution in [0.25, 0.3) is 0 Å². The van der Waals surface area contributed by atoms with Crippen molar-refractivity contribution in [1.82, 2.24) is 10.2 Å². The summed E-state index contributed by atoms with van der Waals surface area (Å²) in [5, 5.41) is 11.9. The summed E-state index contributed by atoms with van der Waals surface area (Å²) in [4.78, 5) is 2.27. The van der Waals surface area contributed by atoms with E-state index in [1.165, 1.54) is 0 Å². The predicted octanol–water partition coefficient (Wildman–Crippen LogP) is -0.391. The van der Waals surface area contributed by atoms with Gasteiger partial charge in [0.15, 0.2) is 6.29 Å². The Hall–Kier alpha value is -0.200. The standard InChI is InChI=1S/C10H22N2O3/c1-9(12-5-3-11-4-6-12)15-10(2)14-8-7-13/h9-11,13H,3-8H2,1-2H3. The fraction of sp³-hybridized carbons (Fsp3) is 1.00. The summed E-state index contributed by atoms with van der Waals surface area (Å²) < 4.78 is 10.9. The number of aliphatic hydroxyl groups excluding tert-OH is 1. The fourth-order valence-corrected chi connectivity index (χ4v) is 1.67. The van der Waals surface area contributed by atoms with E-state index in [-0.39, 0.29) is 19.1 Å². The van der Waals surface area contributed by atoms with Gasteiger partial charge < -0.3 is 19.9 Å². The Morgan fingerprint density at radius 2 is 2.00 bits per heavy atom. The molecule has 1 heterocycles. The summed E-state index contributed by atoms with van der Waals surface area (Å²) in [5.74, 6) is 0. The van der Waals surface area contributed by atoms with Crippen molar-refractivity contribution >= 4 is 0 Å². The second kappa shape index (κ2) is 7.14. The Labute approximate surface area is 91.3 Å². The van der Waals surface area contributed by atoms with Crippen LogP contribution in [0.5, 0.6) is 0 Å². The molecule has 0 aromatic heterocycles. The molecule has 1 aliphatic heterocycles. The lowest BCUT2D eigenvalue weighted by Gasteiger charge is -2.33. The molecule has 0 aromatic rings. The molecule has 15 heavy (non-hydrogen) atoms. The Kier molecular flexibility index (Phi) is 6.12. The molecule has 0 aliphatic carbocycles. The second-order valence-electron chi connectivity index (χ2n) is 3.68. The fourth-order valence-electron chi connectivity index (χ4n) is 1.67. The van der Waals surface area contributed by atoms with E-state index >= 15 is 0 Å². The van der Waals surface area contributed by atoms with Crippen molar-refractivity contribution in [3.05, 3.63) is 0 Å². The molecule has 5 nitrogen and oxygen atoms in total. The van der Waals surface area contributed by atoms with Gasteiger partial charge in [0.1, 0.15) is 6.23 Å². The first-order chi connectivity index (χ1) is 7.24. The molecule has 2 atom stereocenters. The third-order valence-corrected chi connectivity index (χ3v) is 2.50. The number of aliphatic hydroxyl groups is 1. The van der Waals surface area contributed by atoms with Gasteiger partial charge in [-0.05, 0) is 13.8 Å². The van der Waals surface area contributed by atoms with Crippen LogP contribution in [0.2, 0.25) is 0 Å². The first kappa shape index (κ1) is 12.9. The predicted molar refractivity (Wildman–Crippen MR) is 57.5 cm³/mol. The maximum atomic E-state index is 8.60. The molecule has 90 valence electrons. The lowest BCUT2D eigenvalue weighted by atomic mass is 10.3. The van der Waals surface area contributed by atoms with Gasteiger partial charge in [-0.3, -0.25) is 4.90 Å². The average Bonchev–Trinajstić information content (AvgIpc) is 2.27. The highest BCUT2D eigenvalue weighted by molar-refractivity contribution is 4.68. The summed E-state index contributed by atoms with van der Waals surface area (Å²) in [7, 11) is 0. The van der Waals surface area contributed by atoms with Crippen LogP contribution in [0.4, 0.5) is 0 Å². The Morgan fingerprint density at radius 1 is 1.33 bits per heavy atom. The van der Waals surface area contributed by atoms with Gasteiger partial charge >= 0.3 is 0 Å². The molecule has 5 heteroatoms. The first-order valence-electron chi connectivity index (χ1n) is 5.56. The Balaban J connectivity index is 2.17. The highest BCUT2D eigenvalue weighted by Gasteiger charge is 2.18. The molecule has 0 aromatic carbocycles. The van der Waals surface area contributed by atoms with Crippen molar-refractivity contribution in [2.45, 2.75) is 26.4 Å². The third kappa shape index (κ3) is 4.90. The van der Waals surface area contributed by atoms with E-state index in [1.54, 1.807) is 0 Å². The van der Waals surface area contributed by atoms with E-state index in [4.69, 9.17) is 14.6 Å². The van der Waals surface area contributed by atoms with Crippen molar-refractivity contribution in [2.24, 2.45) is 0 Å². The monoisotopic (exact) mass is 218 g/mol. The normalized spacial score (nSPS) is 22.6. The number of ether oxygens (including phenoxy) is 2. The Morgan fingerprint density at radius 3 is 2.60 bits per heavy atom. The van der Waals surface area contributed by atoms with Crippen LogP contribution in [0, 0.1) is 0 Å². The SMILES string of the molecule is CC(OCCO)OC(C)N1CCNCC1. The van der Waals surface area contributed by atoms with Crippen molar-refractivity contribution in [3.8, 4) is 0 Å². The zero-order chi connectivity index (χ0) is 11.1. The van der Waals surface area contributed by atoms with Crippen molar-refractivity contribution in [1.29, 1.82) is 0 Å². The summed E-state index contributed by atoms with van der Waals surface area (Å²) >= 11 is 0. The molecule has 1 rings (SSSR count). The molecule has 0 radical (unpaired) electrons. The van der Waals surface area contributed by atoms with Crippen molar-refractivity contribution in [3.63, 3.8) is 0 Å². The molecule has 2 unspecified atom stereocenters. The summed E-state index contributed by atoms with van der Waals surface area (Å²) in [6.07, 6.45) is -0.192. The van der Waals surface area contributed by atoms with E-state index in [2.05, 4.69) is 10.2 Å². The molecule has 1 saturated heterocycles. The van der Waals surface area contributed by atoms with Gasteiger partial charge in [0, 0.05) is 26.2 Å². The maximum absolute atomic E-state index is 8.60. The van der Waals surface area contributed by atoms with Gasteiger partial charge in [-0.1, -0.05) is 0 Å². The number of hydrogen-bond donors (Lipinski definition) is 2. The number of hydrogen-bond acceptors (Lipinski definition) is 5. The number of piperazine rings is 1. The van der Waals surface area contributed by atoms with Crippen LogP contribution in [0.1, 0.15) is 13.8 Å². The first-order valence-corrected chi connectivity index (χ1v) is 5.56. The van der Waals surface area contributed by atoms with Crippen LogP contribution in [-0.4, -0.2) is 61.9 Å². The molecular weight excluding hydrogens is 196 g/mol. The molecular formula is C10H22N2O3. The maximum Gasteiger partial charge on any atom is 0.156 e. The zero-order valence-corrected chi connectivity index (χ0v) is 9.61. The highest BCUT2D eigenvalue weighted by atomic mass is 16.7. The molecule has 1 aliphatic rings. The van der Waals surface area contributed by atoms with Gasteiger partial charge in [-0.15, -0.1) is 0 Å². The average molecular weight is 218 g/mol. The van der Waals surface area contributed by atoms with Gasteiger partial charge in [0.05, 0.1) is 13.2 Å². The minimum Gasteiger partial charge on any atom is -0.394 e. The molecule has 2 N–H and O–H groups in total. The van der Waals surface area contributed by atoms with Gasteiger partial charge in [-0.25, -0.2) is 0 Å². The van der Waals surface area contributed by atoms with E-state index in [1.807, 2.05) is 13.8 Å². The van der Waals surface area contributed by atoms with Gasteiger partial charge in [0.25, 0.3) is 0 Å². The molecule has 0 amide bonds. The van der Waals surface area contributed by atoms with Crippen LogP contribution in [0.15, 0.2) is 0 Å². The number of nitrogens with one attached hydrogen (secondary N) is 1. The van der Waals surface area contributed by atoms with Crippen molar-refractivity contribution < 1.29 is 14.6 Å². The van der Waals surface area contributed by atoms with Crippen LogP contribution in [0.3, 0.4) is 0 Å². The van der Waals surface area contributed by atoms with Crippen LogP contribution < -0.4 is 5.32 Å². The number of rotatable bonds is 6. The largest absolute Gasteiger partial charge is 0.394 e. The second-order valence-corrected chi connectivity index (χ2v) is 3.68. The van der Waals surface area contributed by atoms with E-state index in [0.717, 1.165) is 26.2 Å². The summed E-state index contributed by atoms with van der Waals surface area (Å²) in [5.41, 5.74) is 0. The van der Waals surface area contributed by atoms with E-state index in [0.29, 0.717) is 6.61 Å². The molecule has 0 saturated carbocycles. The zero-order valence-electron chi connectivity index (χ0n) is 9.61. The number of nitrogens with zero attached hydrogens (tertiary/aromatic N) is 1. The molecule has 1 fully saturated rings. The lowest BCUT2D eigenvalue weighted by Crippen LogP contribution is -2.49. The van der Waals surface area contributed by atoms with Crippen LogP contribution in [-0.2, 0) is 9.47 Å². The van der Waals surface area contributed by atoms with Crippen LogP contribution >= 0.6 is 0 Å². The van der Waals surface area contributed by atoms with Crippen molar-refractivity contribution in [2.75, 3.05) is 39.4 Å². The minimum absolute atomic E-state index is 0.0374. The minimum atomic E-state index is -0.262. The highest BCUT2D eigenvalue weighted by Crippen LogP contribution is 2.06. The smallest absolute Gasteiger partial charge is 0.156 e. The third-order valence-electron chi connectivity index (χ3n) is 2.50. The quantitative estimate of drug-likeness (QED) is 0.595. The molecule has 0 spiro atoms. The van der Waals surface area contributed by atoms with E-state index in [9.17, 15) is 0 Å². The summed E-state index contributed by atoms with van der Waals surface area (Å²) in [6.45, 7) is 8.30. The molecule has 0 bridgehead atoms. The van der Waals surface area contributed by atoms with Gasteiger partial charge in [0.2, 0.25) is 0 Å². The Bertz CT molecular complexity index is 163. The van der Waals surface area contributed by atoms with E-state index < -0.39 is 0 Å². The topological polar surface area (TPSA) is 54.0 Å².